The number of aromatic amines is 1. The average Bonchev–Trinajstić information content (AvgIpc) is 3.47. The number of nitrogens with zero attached hydrogens (tertiary/aromatic N) is 3. The topological polar surface area (TPSA) is 91.7 Å². The van der Waals surface area contributed by atoms with Crippen molar-refractivity contribution in [3.05, 3.63) is 59.1 Å². The number of piperazine rings is 1. The van der Waals surface area contributed by atoms with Gasteiger partial charge in [-0.3, -0.25) is 14.7 Å². The lowest BCUT2D eigenvalue weighted by atomic mass is 10.1. The van der Waals surface area contributed by atoms with Crippen LogP contribution in [0.4, 0.5) is 0 Å². The summed E-state index contributed by atoms with van der Waals surface area (Å²) in [6, 6.07) is 8.67. The molecule has 1 fully saturated rings. The lowest BCUT2D eigenvalue weighted by Crippen LogP contribution is -2.50. The Balaban J connectivity index is 1.46. The molecule has 0 unspecified atom stereocenters. The van der Waals surface area contributed by atoms with E-state index in [1.54, 1.807) is 34.1 Å². The predicted octanol–water partition coefficient (Wildman–Crippen LogP) is 3.32. The summed E-state index contributed by atoms with van der Waals surface area (Å²) in [6.07, 6.45) is 2.99. The first-order chi connectivity index (χ1) is 14.6. The van der Waals surface area contributed by atoms with Gasteiger partial charge in [0.15, 0.2) is 5.76 Å². The van der Waals surface area contributed by atoms with E-state index in [2.05, 4.69) is 10.2 Å². The van der Waals surface area contributed by atoms with Crippen molar-refractivity contribution in [3.8, 4) is 17.0 Å². The number of halogens is 1. The second kappa shape index (κ2) is 8.62. The SMILES string of the molecule is CCOc1ccc(-c2[nH]ncc2C(=O)N2CCN(C(=O)c3ccco3)CC2)cc1Cl. The molecule has 3 aromatic rings. The summed E-state index contributed by atoms with van der Waals surface area (Å²) >= 11 is 6.29. The van der Waals surface area contributed by atoms with Crippen LogP contribution in [0.15, 0.2) is 47.2 Å². The maximum atomic E-state index is 13.1. The first kappa shape index (κ1) is 20.0. The lowest BCUT2D eigenvalue weighted by molar-refractivity contribution is 0.0518. The molecule has 2 amide bonds. The van der Waals surface area contributed by atoms with Crippen LogP contribution in [0, 0.1) is 0 Å². The highest BCUT2D eigenvalue weighted by atomic mass is 35.5. The zero-order valence-electron chi connectivity index (χ0n) is 16.4. The van der Waals surface area contributed by atoms with E-state index in [0.717, 1.165) is 5.56 Å². The van der Waals surface area contributed by atoms with Gasteiger partial charge in [0.2, 0.25) is 0 Å². The molecule has 1 aliphatic heterocycles. The Morgan fingerprint density at radius 2 is 1.90 bits per heavy atom. The summed E-state index contributed by atoms with van der Waals surface area (Å²) in [5.74, 6) is 0.584. The van der Waals surface area contributed by atoms with E-state index in [1.165, 1.54) is 12.5 Å². The van der Waals surface area contributed by atoms with Crippen LogP contribution in [0.2, 0.25) is 5.02 Å². The number of ether oxygens (including phenoxy) is 1. The van der Waals surface area contributed by atoms with Gasteiger partial charge in [0, 0.05) is 31.7 Å². The van der Waals surface area contributed by atoms with E-state index in [4.69, 9.17) is 20.8 Å². The minimum Gasteiger partial charge on any atom is -0.492 e. The van der Waals surface area contributed by atoms with Crippen LogP contribution in [0.1, 0.15) is 27.8 Å². The Labute approximate surface area is 178 Å². The number of carbonyl (C=O) groups excluding carboxylic acids is 2. The van der Waals surface area contributed by atoms with Gasteiger partial charge in [0.25, 0.3) is 11.8 Å². The van der Waals surface area contributed by atoms with Crippen molar-refractivity contribution in [1.29, 1.82) is 0 Å². The molecule has 3 heterocycles. The predicted molar refractivity (Wildman–Crippen MR) is 111 cm³/mol. The Kier molecular flexibility index (Phi) is 5.76. The molecule has 2 aromatic heterocycles. The first-order valence-corrected chi connectivity index (χ1v) is 10.0. The van der Waals surface area contributed by atoms with Gasteiger partial charge in [-0.25, -0.2) is 0 Å². The molecule has 9 heteroatoms. The quantitative estimate of drug-likeness (QED) is 0.673. The van der Waals surface area contributed by atoms with Crippen LogP contribution < -0.4 is 4.74 Å². The third-order valence-corrected chi connectivity index (χ3v) is 5.27. The standard InChI is InChI=1S/C21H21ClN4O4/c1-2-29-17-6-5-14(12-16(17)22)19-15(13-23-24-19)20(27)25-7-9-26(10-8-25)21(28)18-4-3-11-30-18/h3-6,11-13H,2,7-10H2,1H3,(H,23,24). The van der Waals surface area contributed by atoms with Crippen LogP contribution in [0.25, 0.3) is 11.3 Å². The van der Waals surface area contributed by atoms with E-state index in [1.807, 2.05) is 13.0 Å². The molecule has 30 heavy (non-hydrogen) atoms. The Hall–Kier alpha value is -3.26. The van der Waals surface area contributed by atoms with Gasteiger partial charge < -0.3 is 19.0 Å². The van der Waals surface area contributed by atoms with E-state index in [-0.39, 0.29) is 11.8 Å². The van der Waals surface area contributed by atoms with Gasteiger partial charge in [0.1, 0.15) is 5.75 Å². The van der Waals surface area contributed by atoms with E-state index < -0.39 is 0 Å². The summed E-state index contributed by atoms with van der Waals surface area (Å²) in [5.41, 5.74) is 1.80. The molecular formula is C21H21ClN4O4. The van der Waals surface area contributed by atoms with Crippen molar-refractivity contribution in [3.63, 3.8) is 0 Å². The Morgan fingerprint density at radius 1 is 1.17 bits per heavy atom. The van der Waals surface area contributed by atoms with Gasteiger partial charge in [-0.2, -0.15) is 5.10 Å². The smallest absolute Gasteiger partial charge is 0.289 e. The van der Waals surface area contributed by atoms with E-state index in [9.17, 15) is 9.59 Å². The number of aromatic nitrogens is 2. The molecule has 156 valence electrons. The fourth-order valence-electron chi connectivity index (χ4n) is 3.44. The number of hydrogen-bond donors (Lipinski definition) is 1. The zero-order valence-corrected chi connectivity index (χ0v) is 17.2. The second-order valence-electron chi connectivity index (χ2n) is 6.80. The monoisotopic (exact) mass is 428 g/mol. The number of nitrogens with one attached hydrogen (secondary N) is 1. The van der Waals surface area contributed by atoms with Crippen LogP contribution >= 0.6 is 11.6 Å². The summed E-state index contributed by atoms with van der Waals surface area (Å²) in [5, 5.41) is 7.41. The number of rotatable bonds is 5. The van der Waals surface area contributed by atoms with Gasteiger partial charge in [-0.15, -0.1) is 0 Å². The average molecular weight is 429 g/mol. The number of H-pyrrole nitrogens is 1. The molecular weight excluding hydrogens is 408 g/mol. The number of hydrogen-bond acceptors (Lipinski definition) is 5. The summed E-state index contributed by atoms with van der Waals surface area (Å²) < 4.78 is 10.6. The highest BCUT2D eigenvalue weighted by Crippen LogP contribution is 2.31. The van der Waals surface area contributed by atoms with Crippen molar-refractivity contribution in [1.82, 2.24) is 20.0 Å². The van der Waals surface area contributed by atoms with Gasteiger partial charge in [-0.05, 0) is 37.3 Å². The van der Waals surface area contributed by atoms with Gasteiger partial charge in [-0.1, -0.05) is 11.6 Å². The third-order valence-electron chi connectivity index (χ3n) is 4.98. The minimum atomic E-state index is -0.167. The maximum Gasteiger partial charge on any atom is 0.289 e. The molecule has 0 aliphatic carbocycles. The summed E-state index contributed by atoms with van der Waals surface area (Å²) in [4.78, 5) is 28.9. The van der Waals surface area contributed by atoms with Gasteiger partial charge in [0.05, 0.1) is 35.3 Å². The summed E-state index contributed by atoms with van der Waals surface area (Å²) in [7, 11) is 0. The van der Waals surface area contributed by atoms with Crippen LogP contribution in [-0.4, -0.2) is 64.6 Å². The molecule has 0 bridgehead atoms. The summed E-state index contributed by atoms with van der Waals surface area (Å²) in [6.45, 7) is 4.14. The van der Waals surface area contributed by atoms with Crippen LogP contribution in [0.3, 0.4) is 0 Å². The molecule has 0 saturated carbocycles. The Bertz CT molecular complexity index is 1040. The van der Waals surface area contributed by atoms with Crippen molar-refractivity contribution in [2.75, 3.05) is 32.8 Å². The number of benzene rings is 1. The van der Waals surface area contributed by atoms with Gasteiger partial charge >= 0.3 is 0 Å². The molecule has 0 radical (unpaired) electrons. The fourth-order valence-corrected chi connectivity index (χ4v) is 3.67. The number of furan rings is 1. The zero-order chi connectivity index (χ0) is 21.1. The molecule has 4 rings (SSSR count). The van der Waals surface area contributed by atoms with E-state index in [0.29, 0.717) is 60.6 Å². The van der Waals surface area contributed by atoms with Crippen molar-refractivity contribution >= 4 is 23.4 Å². The normalized spacial score (nSPS) is 14.1. The molecule has 1 aliphatic rings. The van der Waals surface area contributed by atoms with Crippen LogP contribution in [0.5, 0.6) is 5.75 Å². The second-order valence-corrected chi connectivity index (χ2v) is 7.21. The minimum absolute atomic E-state index is 0.145. The molecule has 1 N–H and O–H groups in total. The number of amides is 2. The highest BCUT2D eigenvalue weighted by molar-refractivity contribution is 6.32. The maximum absolute atomic E-state index is 13.1. The molecule has 1 saturated heterocycles. The third kappa shape index (κ3) is 3.91. The number of carbonyl (C=O) groups is 2. The molecule has 0 atom stereocenters. The molecule has 8 nitrogen and oxygen atoms in total. The van der Waals surface area contributed by atoms with Crippen molar-refractivity contribution in [2.24, 2.45) is 0 Å². The lowest BCUT2D eigenvalue weighted by Gasteiger charge is -2.34. The largest absolute Gasteiger partial charge is 0.492 e. The molecule has 0 spiro atoms. The van der Waals surface area contributed by atoms with Crippen molar-refractivity contribution in [2.45, 2.75) is 6.92 Å². The fraction of sp³-hybridized carbons (Fsp3) is 0.286. The molecule has 1 aromatic carbocycles. The first-order valence-electron chi connectivity index (χ1n) is 9.66. The van der Waals surface area contributed by atoms with Crippen LogP contribution in [-0.2, 0) is 0 Å². The Morgan fingerprint density at radius 3 is 2.53 bits per heavy atom. The highest BCUT2D eigenvalue weighted by Gasteiger charge is 2.28. The van der Waals surface area contributed by atoms with E-state index >= 15 is 0 Å². The van der Waals surface area contributed by atoms with Crippen molar-refractivity contribution < 1.29 is 18.7 Å².